The Bertz CT molecular complexity index is 636. The molecule has 1 aromatic heterocycles. The number of nitrogens with one attached hydrogen (secondary N) is 1. The summed E-state index contributed by atoms with van der Waals surface area (Å²) in [7, 11) is 0. The fraction of sp³-hybridized carbons (Fsp3) is 0.214. The molecule has 106 valence electrons. The quantitative estimate of drug-likeness (QED) is 0.873. The molecule has 2 rings (SSSR count). The number of nitrogens with zero attached hydrogens (tertiary/aromatic N) is 1. The van der Waals surface area contributed by atoms with Crippen LogP contribution < -0.4 is 11.1 Å². The van der Waals surface area contributed by atoms with Gasteiger partial charge in [-0.2, -0.15) is 13.2 Å². The van der Waals surface area contributed by atoms with E-state index >= 15 is 0 Å². The number of halogens is 3. The summed E-state index contributed by atoms with van der Waals surface area (Å²) in [5.74, 6) is 0.340. The largest absolute Gasteiger partial charge is 0.416 e. The molecule has 3 N–H and O–H groups in total. The van der Waals surface area contributed by atoms with Crippen molar-refractivity contribution in [1.82, 2.24) is 4.98 Å². The number of alkyl halides is 3. The zero-order valence-electron chi connectivity index (χ0n) is 11.0. The molecule has 0 unspecified atom stereocenters. The van der Waals surface area contributed by atoms with Crippen LogP contribution in [-0.2, 0) is 6.18 Å². The molecule has 0 radical (unpaired) electrons. The van der Waals surface area contributed by atoms with E-state index in [9.17, 15) is 13.2 Å². The van der Waals surface area contributed by atoms with Crippen molar-refractivity contribution in [3.8, 4) is 0 Å². The van der Waals surface area contributed by atoms with E-state index in [1.54, 1.807) is 18.3 Å². The van der Waals surface area contributed by atoms with Gasteiger partial charge in [0.25, 0.3) is 0 Å². The molecule has 0 fully saturated rings. The molecule has 0 atom stereocenters. The number of nitrogens with two attached hydrogens (primary N) is 1. The molecular formula is C14H14F3N3. The highest BCUT2D eigenvalue weighted by atomic mass is 19.4. The van der Waals surface area contributed by atoms with E-state index in [0.29, 0.717) is 17.2 Å². The summed E-state index contributed by atoms with van der Waals surface area (Å²) in [4.78, 5) is 4.07. The molecular weight excluding hydrogens is 267 g/mol. The Hall–Kier alpha value is -2.24. The Kier molecular flexibility index (Phi) is 3.57. The van der Waals surface area contributed by atoms with Crippen molar-refractivity contribution in [2.24, 2.45) is 0 Å². The smallest absolute Gasteiger partial charge is 0.396 e. The maximum atomic E-state index is 12.8. The second kappa shape index (κ2) is 5.03. The standard InChI is InChI=1S/C14H14F3N3/c1-8-5-12(18)13(19-7-8)20-10-4-3-9(2)11(6-10)14(15,16)17/h3-7H,18H2,1-2H3,(H,19,20). The van der Waals surface area contributed by atoms with Gasteiger partial charge in [-0.05, 0) is 43.2 Å². The van der Waals surface area contributed by atoms with E-state index in [1.165, 1.54) is 13.0 Å². The van der Waals surface area contributed by atoms with Crippen molar-refractivity contribution in [2.75, 3.05) is 11.1 Å². The minimum Gasteiger partial charge on any atom is -0.396 e. The van der Waals surface area contributed by atoms with Crippen molar-refractivity contribution in [3.05, 3.63) is 47.2 Å². The van der Waals surface area contributed by atoms with E-state index in [0.717, 1.165) is 11.6 Å². The SMILES string of the molecule is Cc1cnc(Nc2ccc(C)c(C(F)(F)F)c2)c(N)c1. The summed E-state index contributed by atoms with van der Waals surface area (Å²) in [6.07, 6.45) is -2.79. The van der Waals surface area contributed by atoms with Crippen LogP contribution in [-0.4, -0.2) is 4.98 Å². The van der Waals surface area contributed by atoms with Gasteiger partial charge in [-0.1, -0.05) is 6.07 Å². The van der Waals surface area contributed by atoms with Crippen LogP contribution in [0.25, 0.3) is 0 Å². The molecule has 0 aliphatic heterocycles. The molecule has 0 aliphatic carbocycles. The van der Waals surface area contributed by atoms with Gasteiger partial charge in [0.05, 0.1) is 11.3 Å². The number of hydrogen-bond donors (Lipinski definition) is 2. The highest BCUT2D eigenvalue weighted by Crippen LogP contribution is 2.34. The fourth-order valence-electron chi connectivity index (χ4n) is 1.84. The Balaban J connectivity index is 2.35. The molecule has 3 nitrogen and oxygen atoms in total. The van der Waals surface area contributed by atoms with E-state index in [2.05, 4.69) is 10.3 Å². The van der Waals surface area contributed by atoms with Crippen LogP contribution in [0.4, 0.5) is 30.4 Å². The highest BCUT2D eigenvalue weighted by Gasteiger charge is 2.32. The molecule has 0 spiro atoms. The second-order valence-electron chi connectivity index (χ2n) is 4.60. The first-order valence-electron chi connectivity index (χ1n) is 5.94. The summed E-state index contributed by atoms with van der Waals surface area (Å²) in [6.45, 7) is 3.26. The minimum atomic E-state index is -4.38. The lowest BCUT2D eigenvalue weighted by Crippen LogP contribution is -2.08. The average molecular weight is 281 g/mol. The molecule has 0 amide bonds. The Morgan fingerprint density at radius 2 is 1.85 bits per heavy atom. The molecule has 0 aliphatic rings. The third kappa shape index (κ3) is 3.01. The van der Waals surface area contributed by atoms with Gasteiger partial charge in [0, 0.05) is 11.9 Å². The van der Waals surface area contributed by atoms with E-state index < -0.39 is 11.7 Å². The lowest BCUT2D eigenvalue weighted by molar-refractivity contribution is -0.138. The van der Waals surface area contributed by atoms with Crippen molar-refractivity contribution in [3.63, 3.8) is 0 Å². The van der Waals surface area contributed by atoms with E-state index in [-0.39, 0.29) is 5.56 Å². The Labute approximate surface area is 114 Å². The molecule has 0 saturated carbocycles. The number of rotatable bonds is 2. The van der Waals surface area contributed by atoms with Gasteiger partial charge in [-0.3, -0.25) is 0 Å². The van der Waals surface area contributed by atoms with Crippen LogP contribution in [0.5, 0.6) is 0 Å². The van der Waals surface area contributed by atoms with E-state index in [4.69, 9.17) is 5.73 Å². The van der Waals surface area contributed by atoms with Gasteiger partial charge in [0.1, 0.15) is 0 Å². The van der Waals surface area contributed by atoms with E-state index in [1.807, 2.05) is 6.92 Å². The maximum absolute atomic E-state index is 12.8. The van der Waals surface area contributed by atoms with Gasteiger partial charge >= 0.3 is 6.18 Å². The highest BCUT2D eigenvalue weighted by molar-refractivity contribution is 5.69. The molecule has 6 heteroatoms. The fourth-order valence-corrected chi connectivity index (χ4v) is 1.84. The zero-order valence-corrected chi connectivity index (χ0v) is 11.0. The number of hydrogen-bond acceptors (Lipinski definition) is 3. The van der Waals surface area contributed by atoms with Crippen LogP contribution in [0.3, 0.4) is 0 Å². The number of benzene rings is 1. The zero-order chi connectivity index (χ0) is 14.9. The molecule has 0 saturated heterocycles. The van der Waals surface area contributed by atoms with Crippen LogP contribution in [0.1, 0.15) is 16.7 Å². The topological polar surface area (TPSA) is 50.9 Å². The van der Waals surface area contributed by atoms with Gasteiger partial charge in [0.2, 0.25) is 0 Å². The van der Waals surface area contributed by atoms with Gasteiger partial charge < -0.3 is 11.1 Å². The summed E-state index contributed by atoms with van der Waals surface area (Å²) in [5.41, 5.74) is 6.84. The van der Waals surface area contributed by atoms with Crippen LogP contribution in [0.2, 0.25) is 0 Å². The third-order valence-electron chi connectivity index (χ3n) is 2.86. The number of pyridine rings is 1. The second-order valence-corrected chi connectivity index (χ2v) is 4.60. The Morgan fingerprint density at radius 3 is 2.45 bits per heavy atom. The number of anilines is 3. The van der Waals surface area contributed by atoms with Crippen molar-refractivity contribution in [1.29, 1.82) is 0 Å². The molecule has 20 heavy (non-hydrogen) atoms. The van der Waals surface area contributed by atoms with Crippen LogP contribution in [0, 0.1) is 13.8 Å². The number of aryl methyl sites for hydroxylation is 2. The lowest BCUT2D eigenvalue weighted by atomic mass is 10.1. The molecule has 1 aromatic carbocycles. The molecule has 1 heterocycles. The summed E-state index contributed by atoms with van der Waals surface area (Å²) in [5, 5.41) is 2.80. The first-order chi connectivity index (χ1) is 9.27. The normalized spacial score (nSPS) is 11.4. The van der Waals surface area contributed by atoms with Crippen molar-refractivity contribution < 1.29 is 13.2 Å². The van der Waals surface area contributed by atoms with Gasteiger partial charge in [-0.25, -0.2) is 4.98 Å². The lowest BCUT2D eigenvalue weighted by Gasteiger charge is -2.14. The van der Waals surface area contributed by atoms with Crippen molar-refractivity contribution >= 4 is 17.2 Å². The van der Waals surface area contributed by atoms with Crippen LogP contribution >= 0.6 is 0 Å². The third-order valence-corrected chi connectivity index (χ3v) is 2.86. The average Bonchev–Trinajstić information content (AvgIpc) is 2.33. The monoisotopic (exact) mass is 281 g/mol. The first-order valence-corrected chi connectivity index (χ1v) is 5.94. The summed E-state index contributed by atoms with van der Waals surface area (Å²) in [6, 6.07) is 5.73. The number of aromatic nitrogens is 1. The maximum Gasteiger partial charge on any atom is 0.416 e. The number of nitrogen functional groups attached to an aromatic ring is 1. The molecule has 2 aromatic rings. The predicted molar refractivity (Wildman–Crippen MR) is 72.9 cm³/mol. The minimum absolute atomic E-state index is 0.174. The predicted octanol–water partition coefficient (Wildman–Crippen LogP) is 4.04. The van der Waals surface area contributed by atoms with Crippen LogP contribution in [0.15, 0.2) is 30.5 Å². The summed E-state index contributed by atoms with van der Waals surface area (Å²) < 4.78 is 38.5. The summed E-state index contributed by atoms with van der Waals surface area (Å²) >= 11 is 0. The van der Waals surface area contributed by atoms with Crippen molar-refractivity contribution in [2.45, 2.75) is 20.0 Å². The van der Waals surface area contributed by atoms with Gasteiger partial charge in [-0.15, -0.1) is 0 Å². The molecule has 0 bridgehead atoms. The first kappa shape index (κ1) is 14.2. The van der Waals surface area contributed by atoms with Gasteiger partial charge in [0.15, 0.2) is 5.82 Å². The Morgan fingerprint density at radius 1 is 1.15 bits per heavy atom.